The molecule has 1 saturated heterocycles. The van der Waals surface area contributed by atoms with Crippen LogP contribution in [0.4, 0.5) is 4.39 Å². The van der Waals surface area contributed by atoms with Gasteiger partial charge in [0.15, 0.2) is 0 Å². The van der Waals surface area contributed by atoms with E-state index in [1.165, 1.54) is 18.2 Å². The fourth-order valence-corrected chi connectivity index (χ4v) is 2.31. The molecule has 0 bridgehead atoms. The summed E-state index contributed by atoms with van der Waals surface area (Å²) < 4.78 is 13.2. The molecule has 0 radical (unpaired) electrons. The van der Waals surface area contributed by atoms with Crippen molar-refractivity contribution in [2.45, 2.75) is 19.4 Å². The molecule has 0 aromatic heterocycles. The highest BCUT2D eigenvalue weighted by atomic mass is 19.1. The molecule has 0 spiro atoms. The van der Waals surface area contributed by atoms with E-state index in [1.807, 2.05) is 6.92 Å². The lowest BCUT2D eigenvalue weighted by molar-refractivity contribution is 0.221. The Hall–Kier alpha value is -1.13. The molecule has 4 heteroatoms. The van der Waals surface area contributed by atoms with Crippen LogP contribution in [-0.2, 0) is 0 Å². The van der Waals surface area contributed by atoms with Gasteiger partial charge in [-0.15, -0.1) is 0 Å². The summed E-state index contributed by atoms with van der Waals surface area (Å²) in [6.45, 7) is 5.89. The summed E-state index contributed by atoms with van der Waals surface area (Å²) in [5.74, 6) is -0.117. The molecule has 1 aliphatic rings. The Morgan fingerprint density at radius 3 is 3.00 bits per heavy atom. The standard InChI is InChI=1S/C13H19FN2O/c1-10(16-7-2-5-15-6-8-16)12-9-11(14)3-4-13(12)17/h3-4,9-10,15,17H,2,5-8H2,1H3. The van der Waals surface area contributed by atoms with Crippen LogP contribution in [0.1, 0.15) is 24.9 Å². The van der Waals surface area contributed by atoms with E-state index in [9.17, 15) is 9.50 Å². The van der Waals surface area contributed by atoms with E-state index in [0.717, 1.165) is 32.6 Å². The van der Waals surface area contributed by atoms with Crippen molar-refractivity contribution in [3.63, 3.8) is 0 Å². The molecule has 1 heterocycles. The normalized spacial score (nSPS) is 19.9. The molecule has 1 fully saturated rings. The molecular weight excluding hydrogens is 219 g/mol. The summed E-state index contributed by atoms with van der Waals surface area (Å²) in [5, 5.41) is 13.1. The average Bonchev–Trinajstić information content (AvgIpc) is 2.60. The van der Waals surface area contributed by atoms with Gasteiger partial charge in [0.25, 0.3) is 0 Å². The van der Waals surface area contributed by atoms with Crippen LogP contribution in [-0.4, -0.2) is 36.2 Å². The summed E-state index contributed by atoms with van der Waals surface area (Å²) in [7, 11) is 0. The van der Waals surface area contributed by atoms with Gasteiger partial charge < -0.3 is 10.4 Å². The Labute approximate surface area is 101 Å². The second kappa shape index (κ2) is 5.47. The first-order valence-corrected chi connectivity index (χ1v) is 6.11. The van der Waals surface area contributed by atoms with E-state index >= 15 is 0 Å². The molecular formula is C13H19FN2O. The van der Waals surface area contributed by atoms with Gasteiger partial charge in [0, 0.05) is 24.7 Å². The van der Waals surface area contributed by atoms with Gasteiger partial charge in [-0.05, 0) is 44.6 Å². The molecule has 1 aliphatic heterocycles. The predicted octanol–water partition coefficient (Wildman–Crippen LogP) is 1.89. The zero-order valence-corrected chi connectivity index (χ0v) is 10.1. The number of rotatable bonds is 2. The number of nitrogens with one attached hydrogen (secondary N) is 1. The van der Waals surface area contributed by atoms with E-state index in [2.05, 4.69) is 10.2 Å². The van der Waals surface area contributed by atoms with Crippen molar-refractivity contribution >= 4 is 0 Å². The monoisotopic (exact) mass is 238 g/mol. The first kappa shape index (κ1) is 12.3. The van der Waals surface area contributed by atoms with Crippen molar-refractivity contribution in [2.75, 3.05) is 26.2 Å². The Bertz CT molecular complexity index is 376. The first-order valence-electron chi connectivity index (χ1n) is 6.11. The highest BCUT2D eigenvalue weighted by Crippen LogP contribution is 2.29. The van der Waals surface area contributed by atoms with Crippen LogP contribution in [0.25, 0.3) is 0 Å². The lowest BCUT2D eigenvalue weighted by Crippen LogP contribution is -2.30. The summed E-state index contributed by atoms with van der Waals surface area (Å²) in [6, 6.07) is 4.19. The van der Waals surface area contributed by atoms with Crippen molar-refractivity contribution in [3.05, 3.63) is 29.6 Å². The third-order valence-electron chi connectivity index (χ3n) is 3.36. The highest BCUT2D eigenvalue weighted by molar-refractivity contribution is 5.34. The SMILES string of the molecule is CC(c1cc(F)ccc1O)N1CCCNCC1. The zero-order valence-electron chi connectivity index (χ0n) is 10.1. The highest BCUT2D eigenvalue weighted by Gasteiger charge is 2.19. The van der Waals surface area contributed by atoms with Crippen LogP contribution >= 0.6 is 0 Å². The smallest absolute Gasteiger partial charge is 0.123 e. The van der Waals surface area contributed by atoms with Crippen molar-refractivity contribution in [3.8, 4) is 5.75 Å². The van der Waals surface area contributed by atoms with Crippen molar-refractivity contribution in [1.29, 1.82) is 0 Å². The Morgan fingerprint density at radius 2 is 2.18 bits per heavy atom. The van der Waals surface area contributed by atoms with Crippen molar-refractivity contribution in [1.82, 2.24) is 10.2 Å². The fraction of sp³-hybridized carbons (Fsp3) is 0.538. The molecule has 1 atom stereocenters. The first-order chi connectivity index (χ1) is 8.18. The number of nitrogens with zero attached hydrogens (tertiary/aromatic N) is 1. The lowest BCUT2D eigenvalue weighted by Gasteiger charge is -2.28. The fourth-order valence-electron chi connectivity index (χ4n) is 2.31. The van der Waals surface area contributed by atoms with E-state index in [1.54, 1.807) is 0 Å². The summed E-state index contributed by atoms with van der Waals surface area (Å²) in [6.07, 6.45) is 1.08. The minimum Gasteiger partial charge on any atom is -0.508 e. The molecule has 2 rings (SSSR count). The van der Waals surface area contributed by atoms with Gasteiger partial charge in [-0.3, -0.25) is 4.90 Å². The maximum atomic E-state index is 13.2. The minimum atomic E-state index is -0.294. The molecule has 0 saturated carbocycles. The average molecular weight is 238 g/mol. The van der Waals surface area contributed by atoms with Crippen LogP contribution < -0.4 is 5.32 Å². The predicted molar refractivity (Wildman–Crippen MR) is 65.5 cm³/mol. The summed E-state index contributed by atoms with van der Waals surface area (Å²) >= 11 is 0. The molecule has 17 heavy (non-hydrogen) atoms. The second-order valence-electron chi connectivity index (χ2n) is 4.52. The topological polar surface area (TPSA) is 35.5 Å². The van der Waals surface area contributed by atoms with Gasteiger partial charge in [-0.1, -0.05) is 0 Å². The lowest BCUT2D eigenvalue weighted by atomic mass is 10.1. The molecule has 1 aromatic carbocycles. The number of benzene rings is 1. The number of aromatic hydroxyl groups is 1. The number of hydrogen-bond acceptors (Lipinski definition) is 3. The Kier molecular flexibility index (Phi) is 3.97. The van der Waals surface area contributed by atoms with Gasteiger partial charge in [-0.25, -0.2) is 4.39 Å². The van der Waals surface area contributed by atoms with E-state index < -0.39 is 0 Å². The van der Waals surface area contributed by atoms with Crippen LogP contribution in [0.2, 0.25) is 0 Å². The van der Waals surface area contributed by atoms with E-state index in [-0.39, 0.29) is 17.6 Å². The minimum absolute atomic E-state index is 0.0469. The quantitative estimate of drug-likeness (QED) is 0.826. The second-order valence-corrected chi connectivity index (χ2v) is 4.52. The van der Waals surface area contributed by atoms with E-state index in [4.69, 9.17) is 0 Å². The molecule has 0 aliphatic carbocycles. The van der Waals surface area contributed by atoms with Gasteiger partial charge >= 0.3 is 0 Å². The van der Waals surface area contributed by atoms with E-state index in [0.29, 0.717) is 5.56 Å². The Balaban J connectivity index is 2.16. The van der Waals surface area contributed by atoms with Gasteiger partial charge in [-0.2, -0.15) is 0 Å². The van der Waals surface area contributed by atoms with Crippen LogP contribution in [0.3, 0.4) is 0 Å². The molecule has 1 unspecified atom stereocenters. The van der Waals surface area contributed by atoms with Crippen LogP contribution in [0.5, 0.6) is 5.75 Å². The third kappa shape index (κ3) is 2.96. The largest absolute Gasteiger partial charge is 0.508 e. The summed E-state index contributed by atoms with van der Waals surface area (Å²) in [4.78, 5) is 2.27. The molecule has 94 valence electrons. The Morgan fingerprint density at radius 1 is 1.35 bits per heavy atom. The molecule has 2 N–H and O–H groups in total. The maximum absolute atomic E-state index is 13.2. The summed E-state index contributed by atoms with van der Waals surface area (Å²) in [5.41, 5.74) is 0.673. The molecule has 0 amide bonds. The van der Waals surface area contributed by atoms with Gasteiger partial charge in [0.2, 0.25) is 0 Å². The van der Waals surface area contributed by atoms with Crippen molar-refractivity contribution < 1.29 is 9.50 Å². The number of phenolic OH excluding ortho intramolecular Hbond substituents is 1. The number of phenols is 1. The van der Waals surface area contributed by atoms with Gasteiger partial charge in [0.1, 0.15) is 11.6 Å². The van der Waals surface area contributed by atoms with Crippen molar-refractivity contribution in [2.24, 2.45) is 0 Å². The van der Waals surface area contributed by atoms with Crippen LogP contribution in [0, 0.1) is 5.82 Å². The number of halogens is 1. The zero-order chi connectivity index (χ0) is 12.3. The van der Waals surface area contributed by atoms with Crippen LogP contribution in [0.15, 0.2) is 18.2 Å². The maximum Gasteiger partial charge on any atom is 0.123 e. The van der Waals surface area contributed by atoms with Gasteiger partial charge in [0.05, 0.1) is 0 Å². The number of hydrogen-bond donors (Lipinski definition) is 2. The molecule has 1 aromatic rings. The third-order valence-corrected chi connectivity index (χ3v) is 3.36. The molecule has 3 nitrogen and oxygen atoms in total.